The molecule has 0 spiro atoms. The second-order valence-electron chi connectivity index (χ2n) is 5.11. The van der Waals surface area contributed by atoms with Crippen molar-refractivity contribution in [2.75, 3.05) is 7.11 Å². The van der Waals surface area contributed by atoms with E-state index in [1.807, 2.05) is 0 Å². The van der Waals surface area contributed by atoms with E-state index in [-0.39, 0.29) is 0 Å². The fourth-order valence-corrected chi connectivity index (χ4v) is 2.49. The number of hydrogen-bond donors (Lipinski definition) is 1. The van der Waals surface area contributed by atoms with Crippen LogP contribution in [0.4, 0.5) is 0 Å². The summed E-state index contributed by atoms with van der Waals surface area (Å²) in [5.74, 6) is 0. The Hall–Kier alpha value is -0.860. The van der Waals surface area contributed by atoms with E-state index < -0.39 is 11.7 Å². The van der Waals surface area contributed by atoms with Crippen LogP contribution in [0.15, 0.2) is 18.2 Å². The van der Waals surface area contributed by atoms with Gasteiger partial charge in [0.2, 0.25) is 0 Å². The van der Waals surface area contributed by atoms with Gasteiger partial charge >= 0.3 is 0 Å². The number of methoxy groups -OCH3 is 1. The highest BCUT2D eigenvalue weighted by Gasteiger charge is 2.34. The van der Waals surface area contributed by atoms with Gasteiger partial charge in [0.15, 0.2) is 0 Å². The minimum atomic E-state index is -0.459. The zero-order valence-corrected chi connectivity index (χ0v) is 12.3. The van der Waals surface area contributed by atoms with Crippen molar-refractivity contribution >= 4 is 0 Å². The van der Waals surface area contributed by atoms with E-state index in [9.17, 15) is 5.11 Å². The van der Waals surface area contributed by atoms with Crippen molar-refractivity contribution in [2.24, 2.45) is 0 Å². The second kappa shape index (κ2) is 6.35. The molecule has 102 valence electrons. The van der Waals surface area contributed by atoms with Crippen LogP contribution in [0.5, 0.6) is 0 Å². The molecule has 0 saturated heterocycles. The average Bonchev–Trinajstić information content (AvgIpc) is 2.37. The molecule has 0 bridgehead atoms. The summed E-state index contributed by atoms with van der Waals surface area (Å²) in [4.78, 5) is 0. The number of hydrogen-bond acceptors (Lipinski definition) is 2. The molecule has 0 aliphatic rings. The molecular weight excluding hydrogens is 224 g/mol. The summed E-state index contributed by atoms with van der Waals surface area (Å²) >= 11 is 0. The molecule has 0 aliphatic heterocycles. The first-order valence-electron chi connectivity index (χ1n) is 6.78. The van der Waals surface area contributed by atoms with Crippen LogP contribution < -0.4 is 0 Å². The van der Waals surface area contributed by atoms with Gasteiger partial charge in [-0.1, -0.05) is 32.0 Å². The molecule has 1 rings (SSSR count). The Bertz CT molecular complexity index is 372. The minimum Gasteiger partial charge on any atom is -0.390 e. The van der Waals surface area contributed by atoms with Gasteiger partial charge in [-0.05, 0) is 43.4 Å². The summed E-state index contributed by atoms with van der Waals surface area (Å²) in [7, 11) is 1.69. The molecule has 0 aliphatic carbocycles. The lowest BCUT2D eigenvalue weighted by Crippen LogP contribution is -2.44. The third-order valence-electron chi connectivity index (χ3n) is 4.21. The van der Waals surface area contributed by atoms with Crippen molar-refractivity contribution in [3.05, 3.63) is 34.9 Å². The van der Waals surface area contributed by atoms with Crippen LogP contribution in [-0.2, 0) is 11.2 Å². The van der Waals surface area contributed by atoms with Gasteiger partial charge in [0.25, 0.3) is 0 Å². The fraction of sp³-hybridized carbons (Fsp3) is 0.625. The maximum Gasteiger partial charge on any atom is 0.0934 e. The van der Waals surface area contributed by atoms with Gasteiger partial charge in [-0.25, -0.2) is 0 Å². The molecule has 1 N–H and O–H groups in total. The quantitative estimate of drug-likeness (QED) is 0.838. The molecule has 1 aromatic rings. The van der Waals surface area contributed by atoms with Crippen LogP contribution in [-0.4, -0.2) is 23.9 Å². The van der Waals surface area contributed by atoms with E-state index in [1.165, 1.54) is 16.7 Å². The zero-order valence-electron chi connectivity index (χ0n) is 12.3. The van der Waals surface area contributed by atoms with E-state index in [0.29, 0.717) is 6.42 Å². The summed E-state index contributed by atoms with van der Waals surface area (Å²) < 4.78 is 5.57. The van der Waals surface area contributed by atoms with Crippen LogP contribution in [0, 0.1) is 13.8 Å². The molecule has 0 saturated carbocycles. The first-order chi connectivity index (χ1) is 8.49. The SMILES string of the molecule is CCC(CC)(OC)C(O)Cc1ccc(C)c(C)c1. The van der Waals surface area contributed by atoms with Crippen molar-refractivity contribution in [3.63, 3.8) is 0 Å². The highest BCUT2D eigenvalue weighted by molar-refractivity contribution is 5.30. The van der Waals surface area contributed by atoms with Crippen molar-refractivity contribution in [2.45, 2.75) is 58.7 Å². The lowest BCUT2D eigenvalue weighted by molar-refractivity contribution is -0.106. The molecule has 1 aromatic carbocycles. The first-order valence-corrected chi connectivity index (χ1v) is 6.78. The van der Waals surface area contributed by atoms with Crippen LogP contribution >= 0.6 is 0 Å². The topological polar surface area (TPSA) is 29.5 Å². The van der Waals surface area contributed by atoms with Crippen molar-refractivity contribution in [3.8, 4) is 0 Å². The third-order valence-corrected chi connectivity index (χ3v) is 4.21. The first kappa shape index (κ1) is 15.2. The molecule has 0 radical (unpaired) electrons. The molecule has 2 heteroatoms. The van der Waals surface area contributed by atoms with E-state index in [1.54, 1.807) is 7.11 Å². The molecule has 0 fully saturated rings. The average molecular weight is 250 g/mol. The van der Waals surface area contributed by atoms with Crippen LogP contribution in [0.25, 0.3) is 0 Å². The number of rotatable bonds is 6. The Morgan fingerprint density at radius 2 is 1.78 bits per heavy atom. The van der Waals surface area contributed by atoms with Gasteiger partial charge in [-0.15, -0.1) is 0 Å². The number of ether oxygens (including phenoxy) is 1. The Balaban J connectivity index is 2.85. The van der Waals surface area contributed by atoms with Gasteiger partial charge in [0, 0.05) is 13.5 Å². The van der Waals surface area contributed by atoms with E-state index in [2.05, 4.69) is 45.9 Å². The van der Waals surface area contributed by atoms with E-state index >= 15 is 0 Å². The Labute approximate surface area is 111 Å². The lowest BCUT2D eigenvalue weighted by atomic mass is 9.86. The molecule has 1 unspecified atom stereocenters. The number of aliphatic hydroxyl groups is 1. The third kappa shape index (κ3) is 3.12. The van der Waals surface area contributed by atoms with Gasteiger partial charge in [0.1, 0.15) is 0 Å². The maximum atomic E-state index is 10.4. The summed E-state index contributed by atoms with van der Waals surface area (Å²) in [6.07, 6.45) is 1.84. The monoisotopic (exact) mass is 250 g/mol. The number of aryl methyl sites for hydroxylation is 2. The van der Waals surface area contributed by atoms with Crippen molar-refractivity contribution in [1.82, 2.24) is 0 Å². The molecule has 18 heavy (non-hydrogen) atoms. The Morgan fingerprint density at radius 3 is 2.22 bits per heavy atom. The van der Waals surface area contributed by atoms with Gasteiger partial charge in [-0.2, -0.15) is 0 Å². The number of benzene rings is 1. The fourth-order valence-electron chi connectivity index (χ4n) is 2.49. The largest absolute Gasteiger partial charge is 0.390 e. The molecule has 2 nitrogen and oxygen atoms in total. The smallest absolute Gasteiger partial charge is 0.0934 e. The second-order valence-corrected chi connectivity index (χ2v) is 5.11. The predicted molar refractivity (Wildman–Crippen MR) is 75.9 cm³/mol. The molecule has 0 aromatic heterocycles. The van der Waals surface area contributed by atoms with Crippen molar-refractivity contribution in [1.29, 1.82) is 0 Å². The van der Waals surface area contributed by atoms with E-state index in [0.717, 1.165) is 12.8 Å². The number of aliphatic hydroxyl groups excluding tert-OH is 1. The van der Waals surface area contributed by atoms with Gasteiger partial charge in [-0.3, -0.25) is 0 Å². The predicted octanol–water partition coefficient (Wildman–Crippen LogP) is 3.41. The molecule has 0 heterocycles. The van der Waals surface area contributed by atoms with Gasteiger partial charge in [0.05, 0.1) is 11.7 Å². The van der Waals surface area contributed by atoms with Crippen LogP contribution in [0.1, 0.15) is 43.4 Å². The summed E-state index contributed by atoms with van der Waals surface area (Å²) in [6.45, 7) is 8.34. The van der Waals surface area contributed by atoms with Gasteiger partial charge < -0.3 is 9.84 Å². The van der Waals surface area contributed by atoms with Crippen LogP contribution in [0.3, 0.4) is 0 Å². The molecule has 1 atom stereocenters. The van der Waals surface area contributed by atoms with Crippen LogP contribution in [0.2, 0.25) is 0 Å². The highest BCUT2D eigenvalue weighted by Crippen LogP contribution is 2.27. The lowest BCUT2D eigenvalue weighted by Gasteiger charge is -2.35. The minimum absolute atomic E-state index is 0.418. The standard InChI is InChI=1S/C16H26O2/c1-6-16(7-2,18-5)15(17)11-14-9-8-12(3)13(4)10-14/h8-10,15,17H,6-7,11H2,1-5H3. The normalized spacial score (nSPS) is 13.7. The maximum absolute atomic E-state index is 10.4. The summed E-state index contributed by atoms with van der Waals surface area (Å²) in [5.41, 5.74) is 3.32. The highest BCUT2D eigenvalue weighted by atomic mass is 16.5. The Morgan fingerprint density at radius 1 is 1.17 bits per heavy atom. The summed E-state index contributed by atoms with van der Waals surface area (Å²) in [6, 6.07) is 6.37. The van der Waals surface area contributed by atoms with Crippen molar-refractivity contribution < 1.29 is 9.84 Å². The summed E-state index contributed by atoms with van der Waals surface area (Å²) in [5, 5.41) is 10.4. The Kier molecular flexibility index (Phi) is 5.36. The molecular formula is C16H26O2. The molecule has 0 amide bonds. The van der Waals surface area contributed by atoms with E-state index in [4.69, 9.17) is 4.74 Å². The zero-order chi connectivity index (χ0) is 13.8.